The van der Waals surface area contributed by atoms with E-state index in [-0.39, 0.29) is 0 Å². The van der Waals surface area contributed by atoms with E-state index in [1.54, 1.807) is 12.1 Å². The van der Waals surface area contributed by atoms with Crippen LogP contribution in [0.2, 0.25) is 0 Å². The van der Waals surface area contributed by atoms with E-state index < -0.39 is 24.3 Å². The van der Waals surface area contributed by atoms with Crippen LogP contribution >= 0.6 is 0 Å². The van der Waals surface area contributed by atoms with Crippen molar-refractivity contribution >= 4 is 28.6 Å². The third kappa shape index (κ3) is 1.48. The van der Waals surface area contributed by atoms with Crippen LogP contribution in [0.15, 0.2) is 24.3 Å². The lowest BCUT2D eigenvalue weighted by Gasteiger charge is -2.26. The molecule has 5 heteroatoms. The predicted octanol–water partition coefficient (Wildman–Crippen LogP) is 1.62. The normalized spacial score (nSPS) is 15.9. The number of hydrogen-bond donors (Lipinski definition) is 1. The lowest BCUT2D eigenvalue weighted by atomic mass is 9.91. The van der Waals surface area contributed by atoms with Gasteiger partial charge in [-0.2, -0.15) is 0 Å². The second kappa shape index (κ2) is 3.91. The molecule has 0 bridgehead atoms. The number of rotatable bonds is 2. The summed E-state index contributed by atoms with van der Waals surface area (Å²) in [6.45, 7) is -0.609. The van der Waals surface area contributed by atoms with E-state index in [9.17, 15) is 14.4 Å². The first kappa shape index (κ1) is 12.1. The van der Waals surface area contributed by atoms with Gasteiger partial charge in [-0.1, -0.05) is 12.1 Å². The highest BCUT2D eigenvalue weighted by Crippen LogP contribution is 2.38. The largest absolute Gasteiger partial charge is 0.480 e. The van der Waals surface area contributed by atoms with Gasteiger partial charge < -0.3 is 5.11 Å². The third-order valence-corrected chi connectivity index (χ3v) is 4.24. The van der Waals surface area contributed by atoms with Gasteiger partial charge in [0.15, 0.2) is 0 Å². The Morgan fingerprint density at radius 1 is 0.952 bits per heavy atom. The number of aryl methyl sites for hydroxylation is 2. The minimum atomic E-state index is -1.20. The highest BCUT2D eigenvalue weighted by atomic mass is 16.4. The molecule has 1 heterocycles. The Labute approximate surface area is 119 Å². The molecule has 1 N–H and O–H groups in total. The molecule has 4 rings (SSSR count). The molecule has 0 atom stereocenters. The Balaban J connectivity index is 2.03. The minimum Gasteiger partial charge on any atom is -0.480 e. The van der Waals surface area contributed by atoms with Crippen molar-refractivity contribution in [2.24, 2.45) is 0 Å². The van der Waals surface area contributed by atoms with Crippen molar-refractivity contribution in [1.82, 2.24) is 4.90 Å². The van der Waals surface area contributed by atoms with Crippen LogP contribution in [0.25, 0.3) is 10.8 Å². The maximum Gasteiger partial charge on any atom is 0.323 e. The van der Waals surface area contributed by atoms with Gasteiger partial charge in [0.25, 0.3) is 11.8 Å². The average molecular weight is 281 g/mol. The third-order valence-electron chi connectivity index (χ3n) is 4.24. The van der Waals surface area contributed by atoms with Gasteiger partial charge >= 0.3 is 5.97 Å². The molecule has 2 aromatic carbocycles. The van der Waals surface area contributed by atoms with Gasteiger partial charge in [0.2, 0.25) is 0 Å². The van der Waals surface area contributed by atoms with E-state index in [0.717, 1.165) is 34.3 Å². The number of hydrogen-bond acceptors (Lipinski definition) is 3. The molecule has 1 aliphatic carbocycles. The Hall–Kier alpha value is -2.69. The summed E-state index contributed by atoms with van der Waals surface area (Å²) in [4.78, 5) is 36.6. The van der Waals surface area contributed by atoms with Crippen molar-refractivity contribution in [1.29, 1.82) is 0 Å². The van der Waals surface area contributed by atoms with Crippen molar-refractivity contribution in [2.75, 3.05) is 6.54 Å². The first-order valence-electron chi connectivity index (χ1n) is 6.73. The lowest BCUT2D eigenvalue weighted by Crippen LogP contribution is -2.43. The van der Waals surface area contributed by atoms with E-state index in [1.807, 2.05) is 12.1 Å². The van der Waals surface area contributed by atoms with Gasteiger partial charge in [-0.05, 0) is 41.5 Å². The van der Waals surface area contributed by atoms with Crippen LogP contribution < -0.4 is 0 Å². The topological polar surface area (TPSA) is 74.7 Å². The molecule has 0 spiro atoms. The summed E-state index contributed by atoms with van der Waals surface area (Å²) in [7, 11) is 0. The second-order valence-corrected chi connectivity index (χ2v) is 5.38. The Morgan fingerprint density at radius 2 is 1.48 bits per heavy atom. The lowest BCUT2D eigenvalue weighted by molar-refractivity contribution is -0.137. The maximum atomic E-state index is 12.4. The zero-order chi connectivity index (χ0) is 14.7. The standard InChI is InChI=1S/C16H11NO4/c18-12(19)7-17-15(20)10-5-3-8-1-2-9-4-6-11(16(17)21)14(10)13(8)9/h3-6H,1-2,7H2,(H,18,19). The summed E-state index contributed by atoms with van der Waals surface area (Å²) in [5.41, 5.74) is 3.15. The van der Waals surface area contributed by atoms with Crippen molar-refractivity contribution in [3.63, 3.8) is 0 Å². The fourth-order valence-corrected chi connectivity index (χ4v) is 3.35. The molecule has 0 unspecified atom stereocenters. The number of imide groups is 1. The van der Waals surface area contributed by atoms with Crippen LogP contribution in [0.1, 0.15) is 31.8 Å². The fraction of sp³-hybridized carbons (Fsp3) is 0.188. The van der Waals surface area contributed by atoms with Crippen molar-refractivity contribution < 1.29 is 19.5 Å². The molecule has 2 amide bonds. The summed E-state index contributed by atoms with van der Waals surface area (Å²) in [6, 6.07) is 7.23. The summed E-state index contributed by atoms with van der Waals surface area (Å²) in [6.07, 6.45) is 1.83. The summed E-state index contributed by atoms with van der Waals surface area (Å²) >= 11 is 0. The number of carboxylic acid groups (broad SMARTS) is 1. The average Bonchev–Trinajstić information content (AvgIpc) is 2.88. The molecule has 5 nitrogen and oxygen atoms in total. The molecule has 0 saturated heterocycles. The van der Waals surface area contributed by atoms with E-state index in [4.69, 9.17) is 5.11 Å². The second-order valence-electron chi connectivity index (χ2n) is 5.38. The number of carbonyl (C=O) groups is 3. The van der Waals surface area contributed by atoms with E-state index in [0.29, 0.717) is 16.5 Å². The van der Waals surface area contributed by atoms with Gasteiger partial charge in [-0.15, -0.1) is 0 Å². The van der Waals surface area contributed by atoms with Crippen LogP contribution in [-0.4, -0.2) is 34.3 Å². The zero-order valence-electron chi connectivity index (χ0n) is 11.0. The fourth-order valence-electron chi connectivity index (χ4n) is 3.35. The van der Waals surface area contributed by atoms with Crippen molar-refractivity contribution in [3.8, 4) is 0 Å². The van der Waals surface area contributed by atoms with Gasteiger partial charge in [0.1, 0.15) is 6.54 Å². The van der Waals surface area contributed by atoms with Gasteiger partial charge in [-0.25, -0.2) is 0 Å². The quantitative estimate of drug-likeness (QED) is 0.849. The molecule has 2 aliphatic rings. The molecule has 0 radical (unpaired) electrons. The van der Waals surface area contributed by atoms with Gasteiger partial charge in [0, 0.05) is 16.5 Å². The number of carboxylic acids is 1. The highest BCUT2D eigenvalue weighted by Gasteiger charge is 2.35. The van der Waals surface area contributed by atoms with Crippen LogP contribution in [0, 0.1) is 0 Å². The molecular formula is C16H11NO4. The summed E-state index contributed by atoms with van der Waals surface area (Å²) in [5.74, 6) is -2.25. The molecule has 2 aromatic rings. The molecule has 0 fully saturated rings. The molecule has 0 saturated carbocycles. The van der Waals surface area contributed by atoms with Crippen LogP contribution in [0.4, 0.5) is 0 Å². The number of carbonyl (C=O) groups excluding carboxylic acids is 2. The Kier molecular flexibility index (Phi) is 2.25. The molecule has 0 aromatic heterocycles. The zero-order valence-corrected chi connectivity index (χ0v) is 11.0. The first-order chi connectivity index (χ1) is 10.1. The first-order valence-corrected chi connectivity index (χ1v) is 6.73. The molecule has 21 heavy (non-hydrogen) atoms. The SMILES string of the molecule is O=C(O)CN1C(=O)c2ccc3c4c(ccc(c24)C1=O)CC3. The predicted molar refractivity (Wildman–Crippen MR) is 74.4 cm³/mol. The smallest absolute Gasteiger partial charge is 0.323 e. The van der Waals surface area contributed by atoms with E-state index in [2.05, 4.69) is 0 Å². The van der Waals surface area contributed by atoms with E-state index in [1.165, 1.54) is 0 Å². The maximum absolute atomic E-state index is 12.4. The summed E-state index contributed by atoms with van der Waals surface area (Å²) < 4.78 is 0. The van der Waals surface area contributed by atoms with Gasteiger partial charge in [0.05, 0.1) is 0 Å². The highest BCUT2D eigenvalue weighted by molar-refractivity contribution is 6.26. The Morgan fingerprint density at radius 3 is 1.95 bits per heavy atom. The van der Waals surface area contributed by atoms with E-state index >= 15 is 0 Å². The van der Waals surface area contributed by atoms with Crippen molar-refractivity contribution in [2.45, 2.75) is 12.8 Å². The Bertz CT molecular complexity index is 794. The molecule has 104 valence electrons. The minimum absolute atomic E-state index is 0.424. The van der Waals surface area contributed by atoms with Gasteiger partial charge in [-0.3, -0.25) is 19.3 Å². The number of aliphatic carboxylic acids is 1. The number of nitrogens with zero attached hydrogens (tertiary/aromatic N) is 1. The van der Waals surface area contributed by atoms with Crippen molar-refractivity contribution in [3.05, 3.63) is 46.5 Å². The summed E-state index contributed by atoms with van der Waals surface area (Å²) in [5, 5.41) is 10.6. The number of amides is 2. The molecule has 1 aliphatic heterocycles. The van der Waals surface area contributed by atoms with Crippen LogP contribution in [0.3, 0.4) is 0 Å². The molecular weight excluding hydrogens is 270 g/mol. The number of benzene rings is 2. The van der Waals surface area contributed by atoms with Crippen LogP contribution in [-0.2, 0) is 17.6 Å². The van der Waals surface area contributed by atoms with Crippen LogP contribution in [0.5, 0.6) is 0 Å². The monoisotopic (exact) mass is 281 g/mol.